The topological polar surface area (TPSA) is 49.9 Å². The Kier molecular flexibility index (Phi) is 6.24. The van der Waals surface area contributed by atoms with Crippen molar-refractivity contribution in [3.63, 3.8) is 0 Å². The summed E-state index contributed by atoms with van der Waals surface area (Å²) in [6, 6.07) is 12.3. The van der Waals surface area contributed by atoms with Gasteiger partial charge in [0.05, 0.1) is 24.1 Å². The lowest BCUT2D eigenvalue weighted by Gasteiger charge is -2.35. The summed E-state index contributed by atoms with van der Waals surface area (Å²) < 4.78 is 5.13. The van der Waals surface area contributed by atoms with Crippen LogP contribution in [0.1, 0.15) is 15.9 Å². The number of methoxy groups -OCH3 is 1. The van der Waals surface area contributed by atoms with Crippen molar-refractivity contribution in [1.29, 1.82) is 0 Å². The lowest BCUT2D eigenvalue weighted by molar-refractivity contribution is -0.131. The van der Waals surface area contributed by atoms with E-state index in [0.717, 1.165) is 11.3 Å². The molecule has 1 aliphatic heterocycles. The summed E-state index contributed by atoms with van der Waals surface area (Å²) in [5.74, 6) is 0.676. The second-order valence-corrected chi connectivity index (χ2v) is 7.17. The Hall–Kier alpha value is -2.24. The first kappa shape index (κ1) is 19.5. The van der Waals surface area contributed by atoms with Crippen molar-refractivity contribution in [3.05, 3.63) is 63.6 Å². The van der Waals surface area contributed by atoms with Crippen LogP contribution < -0.4 is 4.74 Å². The smallest absolute Gasteiger partial charge is 0.255 e. The summed E-state index contributed by atoms with van der Waals surface area (Å²) in [4.78, 5) is 28.7. The monoisotopic (exact) mass is 406 g/mol. The lowest BCUT2D eigenvalue weighted by atomic mass is 10.1. The van der Waals surface area contributed by atoms with Crippen molar-refractivity contribution in [3.8, 4) is 5.75 Å². The van der Waals surface area contributed by atoms with Crippen molar-refractivity contribution in [2.75, 3.05) is 33.3 Å². The van der Waals surface area contributed by atoms with Gasteiger partial charge in [-0.1, -0.05) is 35.3 Å². The number of rotatable bonds is 4. The molecule has 1 aliphatic rings. The van der Waals surface area contributed by atoms with Gasteiger partial charge in [0.1, 0.15) is 5.75 Å². The molecule has 0 spiro atoms. The largest absolute Gasteiger partial charge is 0.497 e. The van der Waals surface area contributed by atoms with Gasteiger partial charge in [-0.05, 0) is 35.9 Å². The first-order chi connectivity index (χ1) is 13.0. The highest BCUT2D eigenvalue weighted by molar-refractivity contribution is 6.36. The van der Waals surface area contributed by atoms with E-state index >= 15 is 0 Å². The zero-order valence-electron chi connectivity index (χ0n) is 15.0. The Balaban J connectivity index is 1.56. The summed E-state index contributed by atoms with van der Waals surface area (Å²) in [5, 5.41) is 0.830. The minimum atomic E-state index is -0.140. The van der Waals surface area contributed by atoms with Crippen LogP contribution in [0, 0.1) is 0 Å². The zero-order valence-corrected chi connectivity index (χ0v) is 16.5. The van der Waals surface area contributed by atoms with Crippen LogP contribution in [0.5, 0.6) is 5.75 Å². The number of nitrogens with zero attached hydrogens (tertiary/aromatic N) is 2. The van der Waals surface area contributed by atoms with E-state index in [4.69, 9.17) is 27.9 Å². The Labute approximate surface area is 168 Å². The molecular weight excluding hydrogens is 387 g/mol. The van der Waals surface area contributed by atoms with E-state index in [2.05, 4.69) is 0 Å². The quantitative estimate of drug-likeness (QED) is 0.779. The third-order valence-electron chi connectivity index (χ3n) is 4.60. The Morgan fingerprint density at radius 2 is 1.59 bits per heavy atom. The molecule has 1 heterocycles. The fourth-order valence-corrected chi connectivity index (χ4v) is 3.51. The molecule has 2 aromatic rings. The van der Waals surface area contributed by atoms with E-state index in [0.29, 0.717) is 48.2 Å². The highest BCUT2D eigenvalue weighted by atomic mass is 35.5. The Morgan fingerprint density at radius 3 is 2.19 bits per heavy atom. The molecule has 5 nitrogen and oxygen atoms in total. The maximum absolute atomic E-state index is 12.6. The van der Waals surface area contributed by atoms with Gasteiger partial charge in [-0.25, -0.2) is 0 Å². The molecule has 0 atom stereocenters. The molecule has 142 valence electrons. The van der Waals surface area contributed by atoms with Gasteiger partial charge in [-0.2, -0.15) is 0 Å². The lowest BCUT2D eigenvalue weighted by Crippen LogP contribution is -2.51. The number of piperazine rings is 1. The summed E-state index contributed by atoms with van der Waals surface area (Å²) in [7, 11) is 1.61. The minimum Gasteiger partial charge on any atom is -0.497 e. The molecule has 0 aliphatic carbocycles. The molecule has 0 saturated carbocycles. The molecular formula is C20H20Cl2N2O3. The van der Waals surface area contributed by atoms with E-state index in [-0.39, 0.29) is 11.8 Å². The third-order valence-corrected chi connectivity index (χ3v) is 5.14. The number of carbonyl (C=O) groups excluding carboxylic acids is 2. The highest BCUT2D eigenvalue weighted by Gasteiger charge is 2.26. The molecule has 2 aromatic carbocycles. The molecule has 27 heavy (non-hydrogen) atoms. The van der Waals surface area contributed by atoms with Crippen LogP contribution in [0.15, 0.2) is 42.5 Å². The van der Waals surface area contributed by atoms with Crippen LogP contribution >= 0.6 is 23.2 Å². The number of amides is 2. The second-order valence-electron chi connectivity index (χ2n) is 6.32. The van der Waals surface area contributed by atoms with Gasteiger partial charge in [-0.15, -0.1) is 0 Å². The summed E-state index contributed by atoms with van der Waals surface area (Å²) in [6.07, 6.45) is 0.334. The van der Waals surface area contributed by atoms with Crippen molar-refractivity contribution < 1.29 is 14.3 Å². The molecule has 7 heteroatoms. The van der Waals surface area contributed by atoms with E-state index in [9.17, 15) is 9.59 Å². The van der Waals surface area contributed by atoms with Gasteiger partial charge in [-0.3, -0.25) is 9.59 Å². The summed E-state index contributed by atoms with van der Waals surface area (Å²) in [6.45, 7) is 1.97. The van der Waals surface area contributed by atoms with Crippen LogP contribution in [0.25, 0.3) is 0 Å². The minimum absolute atomic E-state index is 0.0526. The normalized spacial score (nSPS) is 14.2. The van der Waals surface area contributed by atoms with Crippen molar-refractivity contribution in [2.24, 2.45) is 0 Å². The van der Waals surface area contributed by atoms with Crippen LogP contribution in [0.2, 0.25) is 10.0 Å². The molecule has 0 N–H and O–H groups in total. The molecule has 2 amide bonds. The van der Waals surface area contributed by atoms with Gasteiger partial charge in [0, 0.05) is 31.2 Å². The number of carbonyl (C=O) groups is 2. The maximum Gasteiger partial charge on any atom is 0.255 e. The number of hydrogen-bond donors (Lipinski definition) is 0. The predicted octanol–water partition coefficient (Wildman–Crippen LogP) is 3.53. The fourth-order valence-electron chi connectivity index (χ4n) is 3.02. The number of ether oxygens (including phenoxy) is 1. The van der Waals surface area contributed by atoms with Crippen molar-refractivity contribution in [2.45, 2.75) is 6.42 Å². The van der Waals surface area contributed by atoms with E-state index in [1.807, 2.05) is 24.3 Å². The zero-order chi connectivity index (χ0) is 19.4. The third kappa shape index (κ3) is 4.73. The van der Waals surface area contributed by atoms with Crippen LogP contribution in [-0.2, 0) is 11.2 Å². The molecule has 0 unspecified atom stereocenters. The first-order valence-electron chi connectivity index (χ1n) is 8.63. The molecule has 1 fully saturated rings. The average Bonchev–Trinajstić information content (AvgIpc) is 2.68. The molecule has 0 aromatic heterocycles. The Bertz CT molecular complexity index is 832. The van der Waals surface area contributed by atoms with Gasteiger partial charge >= 0.3 is 0 Å². The predicted molar refractivity (Wildman–Crippen MR) is 106 cm³/mol. The average molecular weight is 407 g/mol. The fraction of sp³-hybridized carbons (Fsp3) is 0.300. The van der Waals surface area contributed by atoms with Crippen molar-refractivity contribution >= 4 is 35.0 Å². The number of benzene rings is 2. The van der Waals surface area contributed by atoms with Crippen molar-refractivity contribution in [1.82, 2.24) is 9.80 Å². The Morgan fingerprint density at radius 1 is 0.963 bits per heavy atom. The van der Waals surface area contributed by atoms with E-state index in [1.54, 1.807) is 35.1 Å². The summed E-state index contributed by atoms with van der Waals surface area (Å²) in [5.41, 5.74) is 1.37. The molecule has 0 bridgehead atoms. The number of hydrogen-bond acceptors (Lipinski definition) is 3. The van der Waals surface area contributed by atoms with Crippen LogP contribution in [-0.4, -0.2) is 54.9 Å². The molecule has 3 rings (SSSR count). The van der Waals surface area contributed by atoms with Crippen LogP contribution in [0.3, 0.4) is 0 Å². The van der Waals surface area contributed by atoms with E-state index in [1.165, 1.54) is 0 Å². The van der Waals surface area contributed by atoms with Gasteiger partial charge in [0.25, 0.3) is 5.91 Å². The molecule has 1 saturated heterocycles. The SMILES string of the molecule is COc1ccc(CC(=O)N2CCN(C(=O)c3ccc(Cl)cc3Cl)CC2)cc1. The molecule has 0 radical (unpaired) electrons. The maximum atomic E-state index is 12.6. The highest BCUT2D eigenvalue weighted by Crippen LogP contribution is 2.23. The number of halogens is 2. The first-order valence-corrected chi connectivity index (χ1v) is 9.38. The van der Waals surface area contributed by atoms with Gasteiger partial charge < -0.3 is 14.5 Å². The standard InChI is InChI=1S/C20H20Cl2N2O3/c1-27-16-5-2-14(3-6-16)12-19(25)23-8-10-24(11-9-23)20(26)17-7-4-15(21)13-18(17)22/h2-7,13H,8-12H2,1H3. The van der Waals surface area contributed by atoms with Gasteiger partial charge in [0.15, 0.2) is 0 Å². The summed E-state index contributed by atoms with van der Waals surface area (Å²) >= 11 is 12.0. The second kappa shape index (κ2) is 8.63. The van der Waals surface area contributed by atoms with Gasteiger partial charge in [0.2, 0.25) is 5.91 Å². The van der Waals surface area contributed by atoms with Crippen LogP contribution in [0.4, 0.5) is 0 Å². The van der Waals surface area contributed by atoms with E-state index < -0.39 is 0 Å².